The molecule has 0 radical (unpaired) electrons. The summed E-state index contributed by atoms with van der Waals surface area (Å²) in [6, 6.07) is 6.09. The molecular weight excluding hydrogens is 428 g/mol. The van der Waals surface area contributed by atoms with Crippen LogP contribution in [0, 0.1) is 17.6 Å². The number of halogens is 2. The Morgan fingerprint density at radius 1 is 1.03 bits per heavy atom. The van der Waals surface area contributed by atoms with Crippen molar-refractivity contribution in [3.63, 3.8) is 0 Å². The fraction of sp³-hybridized carbons (Fsp3) is 0.429. The number of ketones is 1. The molecule has 0 spiro atoms. The third kappa shape index (κ3) is 4.60. The number of Topliss-reactive ketones (excluding diaryl/α,β-unsaturated/α-hetero) is 1. The van der Waals surface area contributed by atoms with Gasteiger partial charge in [-0.05, 0) is 43.2 Å². The van der Waals surface area contributed by atoms with Crippen LogP contribution in [0.1, 0.15) is 23.2 Å². The molecule has 0 bridgehead atoms. The van der Waals surface area contributed by atoms with Gasteiger partial charge in [-0.1, -0.05) is 0 Å². The predicted octanol–water partition coefficient (Wildman–Crippen LogP) is 2.48. The molecule has 31 heavy (non-hydrogen) atoms. The van der Waals surface area contributed by atoms with Crippen molar-refractivity contribution in [1.82, 2.24) is 9.29 Å². The number of hydrogen-bond acceptors (Lipinski definition) is 6. The summed E-state index contributed by atoms with van der Waals surface area (Å²) < 4.78 is 59.3. The van der Waals surface area contributed by atoms with Crippen LogP contribution in [-0.2, 0) is 14.8 Å². The topological polar surface area (TPSA) is 79.8 Å². The van der Waals surface area contributed by atoms with E-state index in [0.717, 1.165) is 18.2 Å². The summed E-state index contributed by atoms with van der Waals surface area (Å²) in [6.45, 7) is 2.40. The molecule has 2 aliphatic heterocycles. The average molecular weight is 451 g/mol. The van der Waals surface area contributed by atoms with Gasteiger partial charge < -0.3 is 9.64 Å². The number of sulfonamides is 1. The smallest absolute Gasteiger partial charge is 0.244 e. The molecule has 0 unspecified atom stereocenters. The molecular formula is C21H23F2N3O4S. The zero-order valence-electron chi connectivity index (χ0n) is 16.8. The summed E-state index contributed by atoms with van der Waals surface area (Å²) >= 11 is 0. The predicted molar refractivity (Wildman–Crippen MR) is 109 cm³/mol. The minimum absolute atomic E-state index is 0.129. The van der Waals surface area contributed by atoms with Crippen LogP contribution in [0.5, 0.6) is 0 Å². The molecule has 1 aromatic heterocycles. The first-order valence-electron chi connectivity index (χ1n) is 10.1. The summed E-state index contributed by atoms with van der Waals surface area (Å²) in [5.41, 5.74) is -0.214. The molecule has 1 aromatic carbocycles. The van der Waals surface area contributed by atoms with Gasteiger partial charge in [0, 0.05) is 38.3 Å². The van der Waals surface area contributed by atoms with Crippen molar-refractivity contribution < 1.29 is 26.7 Å². The maximum absolute atomic E-state index is 13.9. The number of hydrogen-bond donors (Lipinski definition) is 0. The molecule has 3 heterocycles. The zero-order chi connectivity index (χ0) is 22.0. The largest absolute Gasteiger partial charge is 0.379 e. The number of anilines is 1. The Balaban J connectivity index is 1.40. The second-order valence-corrected chi connectivity index (χ2v) is 9.56. The Hall–Kier alpha value is -2.43. The van der Waals surface area contributed by atoms with Gasteiger partial charge in [0.1, 0.15) is 22.3 Å². The fourth-order valence-electron chi connectivity index (χ4n) is 3.93. The molecule has 2 fully saturated rings. The van der Waals surface area contributed by atoms with Crippen LogP contribution in [0.3, 0.4) is 0 Å². The number of ether oxygens (including phenoxy) is 1. The lowest BCUT2D eigenvalue weighted by molar-refractivity contribution is 0.0730. The van der Waals surface area contributed by atoms with Gasteiger partial charge in [0.25, 0.3) is 0 Å². The molecule has 2 saturated heterocycles. The van der Waals surface area contributed by atoms with Crippen LogP contribution in [0.4, 0.5) is 14.6 Å². The summed E-state index contributed by atoms with van der Waals surface area (Å²) in [7, 11) is -3.61. The fourth-order valence-corrected chi connectivity index (χ4v) is 5.28. The van der Waals surface area contributed by atoms with Crippen molar-refractivity contribution in [3.8, 4) is 0 Å². The maximum Gasteiger partial charge on any atom is 0.244 e. The lowest BCUT2D eigenvalue weighted by Crippen LogP contribution is -2.40. The molecule has 0 amide bonds. The summed E-state index contributed by atoms with van der Waals surface area (Å²) in [6.07, 6.45) is 2.30. The summed E-state index contributed by atoms with van der Waals surface area (Å²) in [4.78, 5) is 19.0. The van der Waals surface area contributed by atoms with E-state index in [-0.39, 0.29) is 10.5 Å². The van der Waals surface area contributed by atoms with E-state index in [2.05, 4.69) is 4.98 Å². The normalized spacial score (nSPS) is 18.8. The Kier molecular flexibility index (Phi) is 6.31. The lowest BCUT2D eigenvalue weighted by Gasteiger charge is -2.32. The maximum atomic E-state index is 13.9. The Morgan fingerprint density at radius 2 is 1.74 bits per heavy atom. The number of nitrogens with zero attached hydrogens (tertiary/aromatic N) is 3. The SMILES string of the molecule is O=C(c1cc(F)ccc1F)C1CCN(c2ccc(S(=O)(=O)N3CCOCC3)cn2)CC1. The van der Waals surface area contributed by atoms with E-state index in [1.54, 1.807) is 6.07 Å². The monoisotopic (exact) mass is 451 g/mol. The number of carbonyl (C=O) groups is 1. The second-order valence-electron chi connectivity index (χ2n) is 7.62. The Bertz CT molecular complexity index is 1050. The number of morpholine rings is 1. The minimum atomic E-state index is -3.61. The molecule has 166 valence electrons. The van der Waals surface area contributed by atoms with Crippen LogP contribution >= 0.6 is 0 Å². The van der Waals surface area contributed by atoms with Gasteiger partial charge >= 0.3 is 0 Å². The number of pyridine rings is 1. The Labute approximate surface area is 179 Å². The van der Waals surface area contributed by atoms with Crippen LogP contribution in [-0.4, -0.2) is 62.9 Å². The standard InChI is InChI=1S/C21H23F2N3O4S/c22-16-1-3-19(23)18(13-16)21(27)15-5-7-25(8-6-15)20-4-2-17(14-24-20)31(28,29)26-9-11-30-12-10-26/h1-4,13-15H,5-12H2. The number of carbonyl (C=O) groups excluding carboxylic acids is 1. The third-order valence-corrected chi connectivity index (χ3v) is 7.59. The van der Waals surface area contributed by atoms with E-state index in [4.69, 9.17) is 4.74 Å². The van der Waals surface area contributed by atoms with Crippen LogP contribution in [0.2, 0.25) is 0 Å². The first-order chi connectivity index (χ1) is 14.9. The van der Waals surface area contributed by atoms with Crippen molar-refractivity contribution in [2.45, 2.75) is 17.7 Å². The van der Waals surface area contributed by atoms with E-state index in [1.165, 1.54) is 16.6 Å². The zero-order valence-corrected chi connectivity index (χ0v) is 17.7. The van der Waals surface area contributed by atoms with E-state index < -0.39 is 33.4 Å². The molecule has 2 aliphatic rings. The molecule has 0 saturated carbocycles. The molecule has 10 heteroatoms. The van der Waals surface area contributed by atoms with Gasteiger partial charge in [-0.25, -0.2) is 22.2 Å². The highest BCUT2D eigenvalue weighted by Crippen LogP contribution is 2.27. The van der Waals surface area contributed by atoms with Gasteiger partial charge in [-0.2, -0.15) is 4.31 Å². The highest BCUT2D eigenvalue weighted by Gasteiger charge is 2.29. The number of benzene rings is 1. The second kappa shape index (κ2) is 8.97. The highest BCUT2D eigenvalue weighted by molar-refractivity contribution is 7.89. The van der Waals surface area contributed by atoms with Crippen molar-refractivity contribution in [2.24, 2.45) is 5.92 Å². The van der Waals surface area contributed by atoms with Gasteiger partial charge in [-0.15, -0.1) is 0 Å². The van der Waals surface area contributed by atoms with E-state index in [1.807, 2.05) is 4.90 Å². The third-order valence-electron chi connectivity index (χ3n) is 5.71. The molecule has 0 atom stereocenters. The van der Waals surface area contributed by atoms with Crippen molar-refractivity contribution in [1.29, 1.82) is 0 Å². The average Bonchev–Trinajstić information content (AvgIpc) is 2.81. The van der Waals surface area contributed by atoms with Gasteiger partial charge in [0.2, 0.25) is 10.0 Å². The van der Waals surface area contributed by atoms with Gasteiger partial charge in [0.05, 0.1) is 18.8 Å². The Morgan fingerprint density at radius 3 is 2.39 bits per heavy atom. The van der Waals surface area contributed by atoms with Crippen LogP contribution in [0.15, 0.2) is 41.4 Å². The first kappa shape index (κ1) is 21.8. The van der Waals surface area contributed by atoms with Gasteiger partial charge in [0.15, 0.2) is 5.78 Å². The quantitative estimate of drug-likeness (QED) is 0.650. The van der Waals surface area contributed by atoms with Gasteiger partial charge in [-0.3, -0.25) is 4.79 Å². The van der Waals surface area contributed by atoms with E-state index in [0.29, 0.717) is 58.1 Å². The van der Waals surface area contributed by atoms with Crippen molar-refractivity contribution in [3.05, 3.63) is 53.7 Å². The van der Waals surface area contributed by atoms with E-state index >= 15 is 0 Å². The van der Waals surface area contributed by atoms with Crippen molar-refractivity contribution in [2.75, 3.05) is 44.3 Å². The number of piperidine rings is 1. The van der Waals surface area contributed by atoms with E-state index in [9.17, 15) is 22.0 Å². The highest BCUT2D eigenvalue weighted by atomic mass is 32.2. The molecule has 7 nitrogen and oxygen atoms in total. The lowest BCUT2D eigenvalue weighted by atomic mass is 9.88. The molecule has 2 aromatic rings. The van der Waals surface area contributed by atoms with Crippen molar-refractivity contribution >= 4 is 21.6 Å². The molecule has 4 rings (SSSR count). The molecule has 0 N–H and O–H groups in total. The first-order valence-corrected chi connectivity index (χ1v) is 11.6. The summed E-state index contributed by atoms with van der Waals surface area (Å²) in [5.74, 6) is -1.53. The van der Waals surface area contributed by atoms with Crippen LogP contribution < -0.4 is 4.90 Å². The molecule has 0 aliphatic carbocycles. The van der Waals surface area contributed by atoms with Crippen LogP contribution in [0.25, 0.3) is 0 Å². The minimum Gasteiger partial charge on any atom is -0.379 e. The number of rotatable bonds is 5. The summed E-state index contributed by atoms with van der Waals surface area (Å²) in [5, 5.41) is 0. The number of aromatic nitrogens is 1.